The van der Waals surface area contributed by atoms with E-state index in [9.17, 15) is 44.3 Å². The maximum Gasteiger partial charge on any atom is 0.573 e. The van der Waals surface area contributed by atoms with E-state index in [2.05, 4.69) is 24.2 Å². The Balaban J connectivity index is 2.24. The zero-order valence-electron chi connectivity index (χ0n) is 17.0. The molecule has 1 aromatic heterocycles. The lowest BCUT2D eigenvalue weighted by Gasteiger charge is -2.19. The highest BCUT2D eigenvalue weighted by atomic mass is 35.5. The van der Waals surface area contributed by atoms with Gasteiger partial charge in [0, 0.05) is 12.7 Å². The second-order valence-electron chi connectivity index (χ2n) is 6.31. The van der Waals surface area contributed by atoms with Crippen LogP contribution in [0.2, 0.25) is 5.02 Å². The molecule has 0 aliphatic carbocycles. The third kappa shape index (κ3) is 9.42. The van der Waals surface area contributed by atoms with Crippen LogP contribution in [-0.2, 0) is 0 Å². The van der Waals surface area contributed by atoms with Crippen molar-refractivity contribution in [3.05, 3.63) is 29.3 Å². The molecule has 2 rings (SSSR count). The third-order valence-electron chi connectivity index (χ3n) is 3.52. The van der Waals surface area contributed by atoms with Gasteiger partial charge in [0.25, 0.3) is 0 Å². The van der Waals surface area contributed by atoms with Gasteiger partial charge in [0.05, 0.1) is 0 Å². The van der Waals surface area contributed by atoms with Gasteiger partial charge < -0.3 is 14.2 Å². The summed E-state index contributed by atoms with van der Waals surface area (Å²) in [6, 6.07) is 2.79. The molecule has 0 atom stereocenters. The summed E-state index contributed by atoms with van der Waals surface area (Å²) in [5.74, 6) is -3.52. The van der Waals surface area contributed by atoms with Gasteiger partial charge in [-0.2, -0.15) is 36.3 Å². The van der Waals surface area contributed by atoms with Crippen LogP contribution in [0.25, 0.3) is 0 Å². The summed E-state index contributed by atoms with van der Waals surface area (Å²) in [5, 5.41) is 1.04. The fourth-order valence-electron chi connectivity index (χ4n) is 2.12. The predicted molar refractivity (Wildman–Crippen MR) is 101 cm³/mol. The minimum Gasteiger partial charge on any atom is -0.467 e. The van der Waals surface area contributed by atoms with Crippen molar-refractivity contribution in [3.63, 3.8) is 0 Å². The number of aromatic nitrogens is 2. The van der Waals surface area contributed by atoms with Crippen molar-refractivity contribution in [2.45, 2.75) is 18.7 Å². The van der Waals surface area contributed by atoms with Crippen molar-refractivity contribution in [3.8, 4) is 17.5 Å². The number of anilines is 2. The summed E-state index contributed by atoms with van der Waals surface area (Å²) in [7, 11) is 1.13. The number of carbonyl (C=O) groups is 1. The molecule has 1 N–H and O–H groups in total. The number of carbonyl (C=O) groups excluding carboxylic acids is 1. The standard InChI is InChI=1S/C17H12ClF9N4O4/c1-31(8-2-4-9(5-3-8)35-17(25,26)27)14(32)30-13-28-11(33-6-15(19,20)21)10(18)12(29-13)34-7-16(22,23)24/h2-5H,6-7H2,1H3,(H,28,29,30,32). The number of ether oxygens (including phenoxy) is 3. The molecule has 0 saturated carbocycles. The van der Waals surface area contributed by atoms with E-state index in [1.807, 2.05) is 5.32 Å². The van der Waals surface area contributed by atoms with E-state index in [1.54, 1.807) is 0 Å². The first kappa shape index (κ1) is 27.9. The molecular formula is C17H12ClF9N4O4. The SMILES string of the molecule is CN(C(=O)Nc1nc(OCC(F)(F)F)c(Cl)c(OCC(F)(F)F)n1)c1ccc(OC(F)(F)F)cc1. The van der Waals surface area contributed by atoms with E-state index in [1.165, 1.54) is 0 Å². The Hall–Kier alpha value is -3.37. The number of hydrogen-bond acceptors (Lipinski definition) is 6. The minimum absolute atomic E-state index is 0.00748. The Morgan fingerprint density at radius 3 is 1.77 bits per heavy atom. The molecule has 0 radical (unpaired) electrons. The Morgan fingerprint density at radius 1 is 0.914 bits per heavy atom. The van der Waals surface area contributed by atoms with E-state index in [-0.39, 0.29) is 5.69 Å². The maximum atomic E-state index is 12.5. The highest BCUT2D eigenvalue weighted by Crippen LogP contribution is 2.34. The Labute approximate surface area is 194 Å². The van der Waals surface area contributed by atoms with Crippen LogP contribution in [-0.4, -0.2) is 55.0 Å². The van der Waals surface area contributed by atoms with E-state index in [0.29, 0.717) is 0 Å². The van der Waals surface area contributed by atoms with Gasteiger partial charge in [-0.3, -0.25) is 10.2 Å². The quantitative estimate of drug-likeness (QED) is 0.460. The van der Waals surface area contributed by atoms with Gasteiger partial charge in [-0.1, -0.05) is 11.6 Å². The van der Waals surface area contributed by atoms with Gasteiger partial charge >= 0.3 is 24.7 Å². The van der Waals surface area contributed by atoms with Crippen LogP contribution in [0, 0.1) is 0 Å². The summed E-state index contributed by atoms with van der Waals surface area (Å²) in [6.07, 6.45) is -14.7. The van der Waals surface area contributed by atoms with Crippen molar-refractivity contribution in [1.82, 2.24) is 9.97 Å². The fourth-order valence-corrected chi connectivity index (χ4v) is 2.32. The Kier molecular flexibility index (Phi) is 8.35. The summed E-state index contributed by atoms with van der Waals surface area (Å²) < 4.78 is 124. The zero-order valence-corrected chi connectivity index (χ0v) is 17.7. The average molecular weight is 543 g/mol. The number of rotatable bonds is 7. The van der Waals surface area contributed by atoms with Crippen molar-refractivity contribution < 1.29 is 58.5 Å². The number of amides is 2. The number of hydrogen-bond donors (Lipinski definition) is 1. The van der Waals surface area contributed by atoms with Crippen molar-refractivity contribution in [1.29, 1.82) is 0 Å². The number of halogens is 10. The van der Waals surface area contributed by atoms with Gasteiger partial charge in [0.2, 0.25) is 17.7 Å². The van der Waals surface area contributed by atoms with Crippen LogP contribution in [0.5, 0.6) is 17.5 Å². The molecule has 1 heterocycles. The van der Waals surface area contributed by atoms with Crippen molar-refractivity contribution >= 4 is 29.3 Å². The largest absolute Gasteiger partial charge is 0.573 e. The minimum atomic E-state index is -4.95. The Bertz CT molecular complexity index is 991. The predicted octanol–water partition coefficient (Wildman–Crippen LogP) is 5.58. The first-order valence-electron chi connectivity index (χ1n) is 8.81. The van der Waals surface area contributed by atoms with Crippen molar-refractivity contribution in [2.24, 2.45) is 0 Å². The molecule has 8 nitrogen and oxygen atoms in total. The van der Waals surface area contributed by atoms with E-state index in [0.717, 1.165) is 36.2 Å². The van der Waals surface area contributed by atoms with Crippen LogP contribution in [0.1, 0.15) is 0 Å². The normalized spacial score (nSPS) is 12.2. The average Bonchev–Trinajstić information content (AvgIpc) is 2.70. The molecule has 2 aromatic rings. The molecule has 0 saturated heterocycles. The number of urea groups is 1. The van der Waals surface area contributed by atoms with Gasteiger partial charge in [0.1, 0.15) is 5.75 Å². The molecule has 0 unspecified atom stereocenters. The molecule has 194 valence electrons. The van der Waals surface area contributed by atoms with Gasteiger partial charge in [-0.15, -0.1) is 13.2 Å². The second-order valence-corrected chi connectivity index (χ2v) is 6.69. The first-order chi connectivity index (χ1) is 15.9. The molecule has 18 heteroatoms. The first-order valence-corrected chi connectivity index (χ1v) is 9.18. The molecule has 0 bridgehead atoms. The lowest BCUT2D eigenvalue weighted by Crippen LogP contribution is -2.32. The summed E-state index contributed by atoms with van der Waals surface area (Å²) in [4.78, 5) is 20.1. The van der Waals surface area contributed by atoms with Gasteiger partial charge in [-0.25, -0.2) is 4.79 Å². The molecule has 0 aliphatic rings. The van der Waals surface area contributed by atoms with Crippen LogP contribution in [0.15, 0.2) is 24.3 Å². The monoisotopic (exact) mass is 542 g/mol. The third-order valence-corrected chi connectivity index (χ3v) is 3.84. The Morgan fingerprint density at radius 2 is 1.37 bits per heavy atom. The molecule has 1 aromatic carbocycles. The number of benzene rings is 1. The molecular weight excluding hydrogens is 531 g/mol. The maximum absolute atomic E-state index is 12.5. The topological polar surface area (TPSA) is 85.8 Å². The molecule has 2 amide bonds. The van der Waals surface area contributed by atoms with Crippen LogP contribution >= 0.6 is 11.6 Å². The molecule has 0 aliphatic heterocycles. The molecule has 0 spiro atoms. The lowest BCUT2D eigenvalue weighted by atomic mass is 10.3. The number of nitrogens with zero attached hydrogens (tertiary/aromatic N) is 3. The van der Waals surface area contributed by atoms with Crippen molar-refractivity contribution in [2.75, 3.05) is 30.5 Å². The smallest absolute Gasteiger partial charge is 0.467 e. The summed E-state index contributed by atoms with van der Waals surface area (Å²) >= 11 is 5.67. The van der Waals surface area contributed by atoms with Crippen LogP contribution in [0.3, 0.4) is 0 Å². The lowest BCUT2D eigenvalue weighted by molar-refractivity contribution is -0.274. The fraction of sp³-hybridized carbons (Fsp3) is 0.353. The highest BCUT2D eigenvalue weighted by Gasteiger charge is 2.33. The molecule has 0 fully saturated rings. The highest BCUT2D eigenvalue weighted by molar-refractivity contribution is 6.33. The zero-order chi connectivity index (χ0) is 26.6. The number of alkyl halides is 9. The van der Waals surface area contributed by atoms with E-state index < -0.39 is 66.4 Å². The van der Waals surface area contributed by atoms with Crippen LogP contribution in [0.4, 0.5) is 55.9 Å². The summed E-state index contributed by atoms with van der Waals surface area (Å²) in [5.41, 5.74) is 0.00748. The molecule has 35 heavy (non-hydrogen) atoms. The summed E-state index contributed by atoms with van der Waals surface area (Å²) in [6.45, 7) is -3.86. The van der Waals surface area contributed by atoms with Gasteiger partial charge in [-0.05, 0) is 24.3 Å². The number of nitrogens with one attached hydrogen (secondary N) is 1. The van der Waals surface area contributed by atoms with E-state index >= 15 is 0 Å². The van der Waals surface area contributed by atoms with E-state index in [4.69, 9.17) is 11.6 Å². The van der Waals surface area contributed by atoms with Crippen LogP contribution < -0.4 is 24.4 Å². The second kappa shape index (κ2) is 10.5. The van der Waals surface area contributed by atoms with Gasteiger partial charge in [0.15, 0.2) is 18.2 Å².